The van der Waals surface area contributed by atoms with Gasteiger partial charge >= 0.3 is 6.03 Å². The zero-order valence-corrected chi connectivity index (χ0v) is 21.0. The number of urea groups is 1. The fourth-order valence-electron chi connectivity index (χ4n) is 4.29. The van der Waals surface area contributed by atoms with Gasteiger partial charge in [0.15, 0.2) is 0 Å². The lowest BCUT2D eigenvalue weighted by Gasteiger charge is -2.44. The Morgan fingerprint density at radius 2 is 1.65 bits per heavy atom. The lowest BCUT2D eigenvalue weighted by atomic mass is 10.0. The highest BCUT2D eigenvalue weighted by Crippen LogP contribution is 2.24. The van der Waals surface area contributed by atoms with Crippen molar-refractivity contribution in [3.63, 3.8) is 0 Å². The Hall–Kier alpha value is -2.64. The molecule has 6 nitrogen and oxygen atoms in total. The number of carbonyl (C=O) groups is 2. The van der Waals surface area contributed by atoms with Crippen LogP contribution in [0.1, 0.15) is 51.3 Å². The quantitative estimate of drug-likeness (QED) is 0.591. The second-order valence-electron chi connectivity index (χ2n) is 9.38. The molecule has 2 aromatic carbocycles. The van der Waals surface area contributed by atoms with Crippen LogP contribution < -0.4 is 10.6 Å². The summed E-state index contributed by atoms with van der Waals surface area (Å²) in [6.45, 7) is 9.92. The average molecular weight is 489 g/mol. The van der Waals surface area contributed by atoms with Crippen molar-refractivity contribution in [3.8, 4) is 0 Å². The van der Waals surface area contributed by atoms with Gasteiger partial charge in [-0.15, -0.1) is 0 Å². The molecule has 8 heteroatoms. The van der Waals surface area contributed by atoms with Crippen LogP contribution in [0.2, 0.25) is 5.02 Å². The Bertz CT molecular complexity index is 968. The summed E-state index contributed by atoms with van der Waals surface area (Å²) < 4.78 is 13.2. The largest absolute Gasteiger partial charge is 0.337 e. The summed E-state index contributed by atoms with van der Waals surface area (Å²) in [5.74, 6) is -0.253. The molecule has 3 unspecified atom stereocenters. The maximum atomic E-state index is 13.4. The van der Waals surface area contributed by atoms with Crippen molar-refractivity contribution in [3.05, 3.63) is 70.5 Å². The van der Waals surface area contributed by atoms with E-state index in [0.717, 1.165) is 17.7 Å². The Labute approximate surface area is 206 Å². The van der Waals surface area contributed by atoms with E-state index in [-0.39, 0.29) is 42.3 Å². The molecule has 184 valence electrons. The minimum Gasteiger partial charge on any atom is -0.337 e. The average Bonchev–Trinajstić information content (AvgIpc) is 2.77. The van der Waals surface area contributed by atoms with Gasteiger partial charge < -0.3 is 15.5 Å². The minimum atomic E-state index is -0.469. The molecule has 0 aromatic heterocycles. The van der Waals surface area contributed by atoms with E-state index in [2.05, 4.69) is 22.5 Å². The summed E-state index contributed by atoms with van der Waals surface area (Å²) in [5.41, 5.74) is 1.87. The number of carbonyl (C=O) groups excluding carboxylic acids is 2. The molecule has 1 heterocycles. The molecule has 0 spiro atoms. The lowest BCUT2D eigenvalue weighted by Crippen LogP contribution is -2.58. The van der Waals surface area contributed by atoms with Crippen molar-refractivity contribution in [2.75, 3.05) is 13.1 Å². The summed E-state index contributed by atoms with van der Waals surface area (Å²) in [6, 6.07) is 13.1. The summed E-state index contributed by atoms with van der Waals surface area (Å²) >= 11 is 6.03. The summed E-state index contributed by atoms with van der Waals surface area (Å²) in [5, 5.41) is 6.37. The van der Waals surface area contributed by atoms with E-state index >= 15 is 0 Å². The third-order valence-corrected chi connectivity index (χ3v) is 6.36. The standard InChI is InChI=1S/C26H34ClFN4O2/c1-17(2)29-26(34)30-24(21-7-9-22(27)10-8-21)13-25(33)32-15-18(3)31(14-19(32)4)16-20-5-11-23(28)12-6-20/h5-12,17-19,24H,13-16H2,1-4H3,(H2,29,30,34). The Morgan fingerprint density at radius 3 is 2.26 bits per heavy atom. The number of hydrogen-bond donors (Lipinski definition) is 2. The molecule has 0 bridgehead atoms. The summed E-state index contributed by atoms with van der Waals surface area (Å²) in [7, 11) is 0. The maximum Gasteiger partial charge on any atom is 0.315 e. The summed E-state index contributed by atoms with van der Waals surface area (Å²) in [4.78, 5) is 30.0. The lowest BCUT2D eigenvalue weighted by molar-refractivity contribution is -0.137. The number of hydrogen-bond acceptors (Lipinski definition) is 3. The van der Waals surface area contributed by atoms with Crippen LogP contribution in [-0.2, 0) is 11.3 Å². The highest BCUT2D eigenvalue weighted by Gasteiger charge is 2.33. The van der Waals surface area contributed by atoms with Crippen LogP contribution in [0.3, 0.4) is 0 Å². The number of amides is 3. The van der Waals surface area contributed by atoms with Gasteiger partial charge in [0.05, 0.1) is 12.5 Å². The van der Waals surface area contributed by atoms with Crippen molar-refractivity contribution in [1.82, 2.24) is 20.4 Å². The van der Waals surface area contributed by atoms with Crippen LogP contribution in [0, 0.1) is 5.82 Å². The smallest absolute Gasteiger partial charge is 0.315 e. The van der Waals surface area contributed by atoms with E-state index in [1.807, 2.05) is 37.8 Å². The van der Waals surface area contributed by atoms with Crippen LogP contribution in [0.5, 0.6) is 0 Å². The van der Waals surface area contributed by atoms with E-state index < -0.39 is 6.04 Å². The van der Waals surface area contributed by atoms with E-state index in [9.17, 15) is 14.0 Å². The van der Waals surface area contributed by atoms with E-state index in [1.54, 1.807) is 24.3 Å². The number of benzene rings is 2. The number of nitrogens with zero attached hydrogens (tertiary/aromatic N) is 2. The SMILES string of the molecule is CC(C)NC(=O)NC(CC(=O)N1CC(C)N(Cc2ccc(F)cc2)CC1C)c1ccc(Cl)cc1. The zero-order valence-electron chi connectivity index (χ0n) is 20.2. The van der Waals surface area contributed by atoms with Crippen molar-refractivity contribution in [2.24, 2.45) is 0 Å². The number of nitrogens with one attached hydrogen (secondary N) is 2. The Morgan fingerprint density at radius 1 is 1.00 bits per heavy atom. The second-order valence-corrected chi connectivity index (χ2v) is 9.82. The highest BCUT2D eigenvalue weighted by molar-refractivity contribution is 6.30. The molecule has 3 atom stereocenters. The Kier molecular flexibility index (Phi) is 8.91. The highest BCUT2D eigenvalue weighted by atomic mass is 35.5. The molecule has 1 saturated heterocycles. The first-order chi connectivity index (χ1) is 16.1. The van der Waals surface area contributed by atoms with Gasteiger partial charge in [0, 0.05) is 42.8 Å². The summed E-state index contributed by atoms with van der Waals surface area (Å²) in [6.07, 6.45) is 0.155. The van der Waals surface area contributed by atoms with Gasteiger partial charge in [0.1, 0.15) is 5.82 Å². The molecule has 3 rings (SSSR count). The van der Waals surface area contributed by atoms with Crippen LogP contribution in [0.15, 0.2) is 48.5 Å². The molecule has 0 aliphatic carbocycles. The van der Waals surface area contributed by atoms with Gasteiger partial charge in [-0.25, -0.2) is 9.18 Å². The fourth-order valence-corrected chi connectivity index (χ4v) is 4.42. The van der Waals surface area contributed by atoms with Crippen LogP contribution in [-0.4, -0.2) is 53.0 Å². The maximum absolute atomic E-state index is 13.4. The first-order valence-corrected chi connectivity index (χ1v) is 12.1. The molecule has 0 radical (unpaired) electrons. The molecular formula is C26H34ClFN4O2. The van der Waals surface area contributed by atoms with Crippen molar-refractivity contribution >= 4 is 23.5 Å². The van der Waals surface area contributed by atoms with E-state index in [0.29, 0.717) is 18.1 Å². The van der Waals surface area contributed by atoms with Gasteiger partial charge in [-0.2, -0.15) is 0 Å². The molecule has 2 aromatic rings. The third kappa shape index (κ3) is 7.18. The predicted molar refractivity (Wildman–Crippen MR) is 133 cm³/mol. The molecular weight excluding hydrogens is 455 g/mol. The van der Waals surface area contributed by atoms with Crippen molar-refractivity contribution in [2.45, 2.75) is 64.8 Å². The van der Waals surface area contributed by atoms with Gasteiger partial charge in [-0.05, 0) is 63.1 Å². The fraction of sp³-hybridized carbons (Fsp3) is 0.462. The van der Waals surface area contributed by atoms with Crippen molar-refractivity contribution in [1.29, 1.82) is 0 Å². The van der Waals surface area contributed by atoms with Crippen LogP contribution in [0.4, 0.5) is 9.18 Å². The third-order valence-electron chi connectivity index (χ3n) is 6.11. The predicted octanol–water partition coefficient (Wildman–Crippen LogP) is 4.74. The molecule has 1 aliphatic heterocycles. The molecule has 34 heavy (non-hydrogen) atoms. The van der Waals surface area contributed by atoms with Gasteiger partial charge in [0.25, 0.3) is 0 Å². The molecule has 1 aliphatic rings. The van der Waals surface area contributed by atoms with Gasteiger partial charge in [0.2, 0.25) is 5.91 Å². The topological polar surface area (TPSA) is 64.7 Å². The molecule has 1 fully saturated rings. The monoisotopic (exact) mass is 488 g/mol. The molecule has 0 saturated carbocycles. The van der Waals surface area contributed by atoms with Crippen molar-refractivity contribution < 1.29 is 14.0 Å². The number of halogens is 2. The first kappa shape index (κ1) is 26.0. The minimum absolute atomic E-state index is 0.00872. The number of rotatable bonds is 7. The van der Waals surface area contributed by atoms with E-state index in [4.69, 9.17) is 11.6 Å². The molecule has 3 amide bonds. The number of piperazine rings is 1. The van der Waals surface area contributed by atoms with Gasteiger partial charge in [-0.3, -0.25) is 9.69 Å². The normalized spacial score (nSPS) is 19.7. The zero-order chi connectivity index (χ0) is 24.8. The van der Waals surface area contributed by atoms with Crippen LogP contribution >= 0.6 is 11.6 Å². The van der Waals surface area contributed by atoms with Gasteiger partial charge in [-0.1, -0.05) is 35.9 Å². The van der Waals surface area contributed by atoms with Crippen LogP contribution in [0.25, 0.3) is 0 Å². The van der Waals surface area contributed by atoms with E-state index in [1.165, 1.54) is 12.1 Å². The molecule has 2 N–H and O–H groups in total. The Balaban J connectivity index is 1.67. The second kappa shape index (κ2) is 11.7. The first-order valence-electron chi connectivity index (χ1n) is 11.7.